The van der Waals surface area contributed by atoms with Crippen molar-refractivity contribution >= 4 is 43.3 Å². The SMILES string of the molecule is CCN(CC)CCN1/C(=C2\[C]3=[In][C](F)(CC3=O)C2(C(=O)O)N(C)C)C(C)C(C(N)=O)C1C. The van der Waals surface area contributed by atoms with Crippen LogP contribution < -0.4 is 5.73 Å². The average Bonchev–Trinajstić information content (AvgIpc) is 3.23. The van der Waals surface area contributed by atoms with E-state index < -0.39 is 55.1 Å². The predicted octanol–water partition coefficient (Wildman–Crippen LogP) is -0.0622. The summed E-state index contributed by atoms with van der Waals surface area (Å²) in [5.41, 5.74) is 4.80. The molecule has 5 unspecified atom stereocenters. The molecule has 3 N–H and O–H groups in total. The van der Waals surface area contributed by atoms with Crippen molar-refractivity contribution in [1.82, 2.24) is 14.7 Å². The van der Waals surface area contributed by atoms with Crippen LogP contribution >= 0.6 is 0 Å². The summed E-state index contributed by atoms with van der Waals surface area (Å²) < 4.78 is 14.8. The van der Waals surface area contributed by atoms with Gasteiger partial charge in [0.25, 0.3) is 0 Å². The molecule has 1 saturated heterocycles. The van der Waals surface area contributed by atoms with Crippen molar-refractivity contribution in [2.45, 2.75) is 49.1 Å². The first-order chi connectivity index (χ1) is 14.9. The fourth-order valence-electron chi connectivity index (χ4n) is 6.16. The number of likely N-dealkylation sites (tertiary alicyclic amines) is 1. The number of alkyl halides is 1. The fraction of sp³-hybridized carbons (Fsp3) is 0.727. The minimum absolute atomic E-state index is 0.263. The van der Waals surface area contributed by atoms with Crippen molar-refractivity contribution in [3.8, 4) is 0 Å². The molecule has 176 valence electrons. The second-order valence-corrected chi connectivity index (χ2v) is 14.5. The topological polar surface area (TPSA) is 107 Å². The molecule has 2 bridgehead atoms. The number of allylic oxidation sites excluding steroid dienone is 1. The molecule has 0 aromatic carbocycles. The summed E-state index contributed by atoms with van der Waals surface area (Å²) in [6.45, 7) is 10.9. The van der Waals surface area contributed by atoms with Gasteiger partial charge in [0.05, 0.1) is 0 Å². The summed E-state index contributed by atoms with van der Waals surface area (Å²) in [6, 6.07) is -0.271. The number of primary amides is 1. The van der Waals surface area contributed by atoms with Crippen LogP contribution in [0.25, 0.3) is 0 Å². The van der Waals surface area contributed by atoms with Gasteiger partial charge >= 0.3 is 200 Å². The maximum atomic E-state index is 16.4. The second-order valence-electron chi connectivity index (χ2n) is 9.37. The zero-order valence-corrected chi connectivity index (χ0v) is 23.1. The quantitative estimate of drug-likeness (QED) is 0.435. The van der Waals surface area contributed by atoms with Crippen molar-refractivity contribution in [3.05, 3.63) is 11.3 Å². The van der Waals surface area contributed by atoms with E-state index in [4.69, 9.17) is 5.73 Å². The Kier molecular flexibility index (Phi) is 7.00. The third-order valence-electron chi connectivity index (χ3n) is 7.73. The van der Waals surface area contributed by atoms with Crippen molar-refractivity contribution in [1.29, 1.82) is 0 Å². The summed E-state index contributed by atoms with van der Waals surface area (Å²) in [7, 11) is 3.14. The third-order valence-corrected chi connectivity index (χ3v) is 13.4. The zero-order valence-electron chi connectivity index (χ0n) is 19.8. The number of carboxylic acids is 1. The van der Waals surface area contributed by atoms with Gasteiger partial charge in [-0.2, -0.15) is 0 Å². The van der Waals surface area contributed by atoms with E-state index in [1.165, 1.54) is 4.90 Å². The first-order valence-corrected chi connectivity index (χ1v) is 14.6. The molecule has 0 radical (unpaired) electrons. The number of rotatable bonds is 8. The fourth-order valence-corrected chi connectivity index (χ4v) is 12.6. The number of Topliss-reactive ketones (excluding diaryl/α,β-unsaturated/α-hetero) is 1. The number of fused-ring (bicyclic) bond motifs is 1. The number of carbonyl (C=O) groups is 3. The molecule has 0 saturated carbocycles. The van der Waals surface area contributed by atoms with E-state index in [2.05, 4.69) is 18.7 Å². The van der Waals surface area contributed by atoms with Gasteiger partial charge in [-0.1, -0.05) is 0 Å². The number of hydrogen-bond acceptors (Lipinski definition) is 6. The molecule has 0 spiro atoms. The Bertz CT molecular complexity index is 902. The first-order valence-electron chi connectivity index (χ1n) is 11.3. The van der Waals surface area contributed by atoms with E-state index in [-0.39, 0.29) is 18.2 Å². The Morgan fingerprint density at radius 2 is 1.88 bits per heavy atom. The van der Waals surface area contributed by atoms with Gasteiger partial charge in [0.15, 0.2) is 0 Å². The van der Waals surface area contributed by atoms with Gasteiger partial charge in [0.2, 0.25) is 0 Å². The van der Waals surface area contributed by atoms with Crippen LogP contribution in [0.5, 0.6) is 0 Å². The molecule has 3 aliphatic heterocycles. The molecule has 32 heavy (non-hydrogen) atoms. The number of nitrogens with zero attached hydrogens (tertiary/aromatic N) is 3. The zero-order chi connectivity index (χ0) is 24.2. The number of nitrogens with two attached hydrogens (primary N) is 1. The van der Waals surface area contributed by atoms with Crippen LogP contribution in [0.2, 0.25) is 0 Å². The number of halogens is 1. The molecule has 1 amide bonds. The average molecular weight is 552 g/mol. The van der Waals surface area contributed by atoms with Crippen molar-refractivity contribution in [3.63, 3.8) is 0 Å². The number of ketones is 1. The van der Waals surface area contributed by atoms with Crippen molar-refractivity contribution < 1.29 is 23.9 Å². The van der Waals surface area contributed by atoms with Crippen LogP contribution in [0, 0.1) is 11.8 Å². The number of amides is 1. The first kappa shape index (κ1) is 25.4. The van der Waals surface area contributed by atoms with E-state index in [9.17, 15) is 19.5 Å². The molecule has 3 aliphatic rings. The van der Waals surface area contributed by atoms with Crippen LogP contribution in [-0.2, 0) is 14.4 Å². The monoisotopic (exact) mass is 552 g/mol. The standard InChI is InChI=1S/C22H34FN4O4.In/c1-7-26(8-2)9-10-27-14(4)18(20(24)29)13(3)19(27)16-11-15(28)12-17(23)22(16,21(30)31)25(5)6;/h13-14,18H,7-10,12H2,1-6H3,(H2,24,29)(H,30,31);/b19-16+;. The Hall–Kier alpha value is -1.26. The Labute approximate surface area is 199 Å². The van der Waals surface area contributed by atoms with E-state index in [1.807, 2.05) is 18.7 Å². The van der Waals surface area contributed by atoms with Crippen LogP contribution in [0.3, 0.4) is 0 Å². The number of likely N-dealkylation sites (N-methyl/N-ethyl adjacent to an activating group) is 2. The van der Waals surface area contributed by atoms with Crippen molar-refractivity contribution in [2.24, 2.45) is 17.6 Å². The molecule has 0 aliphatic carbocycles. The summed E-state index contributed by atoms with van der Waals surface area (Å²) >= 11 is -2.36. The van der Waals surface area contributed by atoms with Crippen LogP contribution in [0.1, 0.15) is 34.1 Å². The number of hydrogen-bond donors (Lipinski definition) is 2. The van der Waals surface area contributed by atoms with Gasteiger partial charge in [-0.3, -0.25) is 0 Å². The molecule has 5 atom stereocenters. The van der Waals surface area contributed by atoms with Gasteiger partial charge in [0, 0.05) is 0 Å². The Morgan fingerprint density at radius 1 is 1.28 bits per heavy atom. The Morgan fingerprint density at radius 3 is 2.34 bits per heavy atom. The van der Waals surface area contributed by atoms with Gasteiger partial charge in [-0.25, -0.2) is 0 Å². The molecular formula is C22H34FInN4O4. The number of carboxylic acid groups (broad SMARTS) is 1. The summed E-state index contributed by atoms with van der Waals surface area (Å²) in [6.07, 6.45) is -0.354. The van der Waals surface area contributed by atoms with E-state index >= 15 is 4.39 Å². The van der Waals surface area contributed by atoms with E-state index in [1.54, 1.807) is 14.1 Å². The van der Waals surface area contributed by atoms with Crippen LogP contribution in [0.15, 0.2) is 11.3 Å². The van der Waals surface area contributed by atoms with E-state index in [0.29, 0.717) is 27.6 Å². The molecule has 0 aromatic rings. The third kappa shape index (κ3) is 3.39. The molecule has 8 nitrogen and oxygen atoms in total. The minimum atomic E-state index is -2.36. The summed E-state index contributed by atoms with van der Waals surface area (Å²) in [4.78, 5) is 43.7. The normalized spacial score (nSPS) is 36.3. The van der Waals surface area contributed by atoms with E-state index in [0.717, 1.165) is 13.1 Å². The van der Waals surface area contributed by atoms with Gasteiger partial charge < -0.3 is 0 Å². The van der Waals surface area contributed by atoms with Gasteiger partial charge in [-0.15, -0.1) is 0 Å². The van der Waals surface area contributed by atoms with Gasteiger partial charge in [0.1, 0.15) is 0 Å². The summed E-state index contributed by atoms with van der Waals surface area (Å²) in [5.74, 6) is -2.94. The molecular weight excluding hydrogens is 518 g/mol. The number of aliphatic carboxylic acids is 1. The summed E-state index contributed by atoms with van der Waals surface area (Å²) in [5, 5.41) is 10.4. The van der Waals surface area contributed by atoms with Crippen molar-refractivity contribution in [2.75, 3.05) is 40.3 Å². The molecule has 10 heteroatoms. The van der Waals surface area contributed by atoms with Gasteiger partial charge in [-0.05, 0) is 0 Å². The number of carbonyl (C=O) groups excluding carboxylic acids is 2. The molecule has 0 aromatic heterocycles. The molecule has 3 rings (SSSR count). The second kappa shape index (κ2) is 8.83. The molecule has 3 heterocycles. The maximum absolute atomic E-state index is 16.4. The predicted molar refractivity (Wildman–Crippen MR) is 121 cm³/mol. The Balaban J connectivity index is 2.27. The molecule has 1 fully saturated rings. The van der Waals surface area contributed by atoms with Crippen LogP contribution in [-0.4, -0.2) is 118 Å². The van der Waals surface area contributed by atoms with Crippen LogP contribution in [0.4, 0.5) is 4.39 Å².